The number of halogens is 1. The quantitative estimate of drug-likeness (QED) is 0.259. The summed E-state index contributed by atoms with van der Waals surface area (Å²) in [6.45, 7) is 5.88. The van der Waals surface area contributed by atoms with E-state index < -0.39 is 5.60 Å². The first-order chi connectivity index (χ1) is 15.0. The molecule has 178 valence electrons. The van der Waals surface area contributed by atoms with Crippen molar-refractivity contribution in [2.45, 2.75) is 44.8 Å². The van der Waals surface area contributed by atoms with Gasteiger partial charge >= 0.3 is 6.09 Å². The lowest BCUT2D eigenvalue weighted by Gasteiger charge is -2.32. The van der Waals surface area contributed by atoms with E-state index in [1.807, 2.05) is 12.1 Å². The first-order valence-corrected chi connectivity index (χ1v) is 10.7. The molecule has 2 aromatic rings. The number of furan rings is 2. The molecule has 0 spiro atoms. The van der Waals surface area contributed by atoms with Crippen LogP contribution in [0.2, 0.25) is 0 Å². The second-order valence-electron chi connectivity index (χ2n) is 7.78. The molecule has 0 saturated carbocycles. The van der Waals surface area contributed by atoms with E-state index in [1.165, 1.54) is 6.26 Å². The highest BCUT2D eigenvalue weighted by atomic mass is 127. The van der Waals surface area contributed by atoms with Crippen molar-refractivity contribution in [3.8, 4) is 0 Å². The molecule has 1 aliphatic heterocycles. The van der Waals surface area contributed by atoms with Crippen molar-refractivity contribution in [3.05, 3.63) is 48.3 Å². The van der Waals surface area contributed by atoms with Crippen LogP contribution in [0, 0.1) is 0 Å². The number of aliphatic hydroxyl groups is 1. The Morgan fingerprint density at radius 1 is 1.28 bits per heavy atom. The van der Waals surface area contributed by atoms with Gasteiger partial charge < -0.3 is 34.2 Å². The van der Waals surface area contributed by atoms with E-state index in [4.69, 9.17) is 13.6 Å². The molecule has 3 rings (SSSR count). The zero-order valence-corrected chi connectivity index (χ0v) is 20.9. The van der Waals surface area contributed by atoms with Gasteiger partial charge in [0.15, 0.2) is 5.96 Å². The highest BCUT2D eigenvalue weighted by Crippen LogP contribution is 2.21. The lowest BCUT2D eigenvalue weighted by Crippen LogP contribution is -2.50. The number of piperidine rings is 1. The standard InChI is InChI=1S/C22H32N4O5.HI/c1-3-29-21(27)26-12-9-17(10-13-26)25-20(23-11-8-18-6-4-14-30-18)24-16-22(2,28)19-7-5-15-31-19;/h4-7,14-15,17,28H,3,8-13,16H2,1-2H3,(H2,23,24,25);1H. The molecule has 1 amide bonds. The number of carbonyl (C=O) groups is 1. The Morgan fingerprint density at radius 2 is 2.00 bits per heavy atom. The number of nitrogens with one attached hydrogen (secondary N) is 2. The molecular formula is C22H33IN4O5. The minimum Gasteiger partial charge on any atom is -0.469 e. The number of rotatable bonds is 8. The molecule has 32 heavy (non-hydrogen) atoms. The Bertz CT molecular complexity index is 816. The van der Waals surface area contributed by atoms with Crippen LogP contribution in [0.3, 0.4) is 0 Å². The van der Waals surface area contributed by atoms with Crippen LogP contribution in [0.15, 0.2) is 50.6 Å². The van der Waals surface area contributed by atoms with Gasteiger partial charge in [-0.3, -0.25) is 0 Å². The summed E-state index contributed by atoms with van der Waals surface area (Å²) in [5.74, 6) is 1.96. The monoisotopic (exact) mass is 560 g/mol. The van der Waals surface area contributed by atoms with Gasteiger partial charge in [-0.1, -0.05) is 0 Å². The fraction of sp³-hybridized carbons (Fsp3) is 0.545. The van der Waals surface area contributed by atoms with E-state index in [2.05, 4.69) is 15.6 Å². The minimum absolute atomic E-state index is 0. The molecule has 3 heterocycles. The molecule has 3 N–H and O–H groups in total. The summed E-state index contributed by atoms with van der Waals surface area (Å²) < 4.78 is 15.8. The lowest BCUT2D eigenvalue weighted by atomic mass is 10.0. The molecule has 0 aliphatic carbocycles. The van der Waals surface area contributed by atoms with Gasteiger partial charge in [-0.15, -0.1) is 24.0 Å². The summed E-state index contributed by atoms with van der Waals surface area (Å²) >= 11 is 0. The van der Waals surface area contributed by atoms with Crippen LogP contribution < -0.4 is 10.6 Å². The van der Waals surface area contributed by atoms with Gasteiger partial charge in [0.25, 0.3) is 0 Å². The number of likely N-dealkylation sites (tertiary alicyclic amines) is 1. The van der Waals surface area contributed by atoms with Crippen molar-refractivity contribution in [2.24, 2.45) is 4.99 Å². The normalized spacial score (nSPS) is 16.7. The Labute approximate surface area is 205 Å². The zero-order valence-electron chi connectivity index (χ0n) is 18.6. The molecule has 9 nitrogen and oxygen atoms in total. The number of hydrogen-bond acceptors (Lipinski definition) is 6. The largest absolute Gasteiger partial charge is 0.469 e. The van der Waals surface area contributed by atoms with Crippen LogP contribution in [0.4, 0.5) is 4.79 Å². The summed E-state index contributed by atoms with van der Waals surface area (Å²) in [7, 11) is 0. The van der Waals surface area contributed by atoms with E-state index in [0.717, 1.165) is 18.6 Å². The highest BCUT2D eigenvalue weighted by Gasteiger charge is 2.27. The first-order valence-electron chi connectivity index (χ1n) is 10.7. The third-order valence-electron chi connectivity index (χ3n) is 5.20. The van der Waals surface area contributed by atoms with Crippen LogP contribution in [0.1, 0.15) is 38.2 Å². The fourth-order valence-corrected chi connectivity index (χ4v) is 3.42. The van der Waals surface area contributed by atoms with Gasteiger partial charge in [-0.05, 0) is 51.0 Å². The number of carbonyl (C=O) groups excluding carboxylic acids is 1. The molecule has 0 radical (unpaired) electrons. The maximum atomic E-state index is 11.9. The van der Waals surface area contributed by atoms with Crippen molar-refractivity contribution in [1.29, 1.82) is 0 Å². The molecule has 2 aromatic heterocycles. The van der Waals surface area contributed by atoms with Crippen LogP contribution in [-0.2, 0) is 16.8 Å². The molecule has 1 atom stereocenters. The number of hydrogen-bond donors (Lipinski definition) is 3. The summed E-state index contributed by atoms with van der Waals surface area (Å²) in [6.07, 6.45) is 5.20. The Hall–Kier alpha value is -2.21. The van der Waals surface area contributed by atoms with Gasteiger partial charge in [-0.2, -0.15) is 0 Å². The lowest BCUT2D eigenvalue weighted by molar-refractivity contribution is 0.0436. The Kier molecular flexibility index (Phi) is 10.4. The molecule has 1 unspecified atom stereocenters. The van der Waals surface area contributed by atoms with E-state index >= 15 is 0 Å². The molecule has 1 aliphatic rings. The highest BCUT2D eigenvalue weighted by molar-refractivity contribution is 14.0. The van der Waals surface area contributed by atoms with Gasteiger partial charge in [0, 0.05) is 32.1 Å². The molecule has 0 aromatic carbocycles. The van der Waals surface area contributed by atoms with Gasteiger partial charge in [-0.25, -0.2) is 9.79 Å². The average molecular weight is 560 g/mol. The van der Waals surface area contributed by atoms with Crippen molar-refractivity contribution >= 4 is 36.0 Å². The van der Waals surface area contributed by atoms with Crippen molar-refractivity contribution < 1.29 is 23.5 Å². The Morgan fingerprint density at radius 3 is 2.62 bits per heavy atom. The number of guanidine groups is 1. The van der Waals surface area contributed by atoms with Crippen LogP contribution in [-0.4, -0.2) is 60.9 Å². The fourth-order valence-electron chi connectivity index (χ4n) is 3.42. The van der Waals surface area contributed by atoms with E-state index in [0.29, 0.717) is 44.4 Å². The maximum Gasteiger partial charge on any atom is 0.409 e. The van der Waals surface area contributed by atoms with Crippen molar-refractivity contribution in [3.63, 3.8) is 0 Å². The SMILES string of the molecule is CCOC(=O)N1CCC(NC(=NCC(C)(O)c2ccco2)NCCc2ccco2)CC1.I. The molecule has 0 bridgehead atoms. The number of ether oxygens (including phenoxy) is 1. The third-order valence-corrected chi connectivity index (χ3v) is 5.20. The summed E-state index contributed by atoms with van der Waals surface area (Å²) in [6, 6.07) is 7.43. The van der Waals surface area contributed by atoms with E-state index in [-0.39, 0.29) is 42.7 Å². The van der Waals surface area contributed by atoms with Crippen molar-refractivity contribution in [1.82, 2.24) is 15.5 Å². The minimum atomic E-state index is -1.22. The van der Waals surface area contributed by atoms with Gasteiger partial charge in [0.05, 0.1) is 25.7 Å². The molecular weight excluding hydrogens is 527 g/mol. The summed E-state index contributed by atoms with van der Waals surface area (Å²) in [4.78, 5) is 18.2. The number of amides is 1. The second-order valence-corrected chi connectivity index (χ2v) is 7.78. The van der Waals surface area contributed by atoms with Crippen LogP contribution in [0.5, 0.6) is 0 Å². The smallest absolute Gasteiger partial charge is 0.409 e. The van der Waals surface area contributed by atoms with Crippen LogP contribution >= 0.6 is 24.0 Å². The third kappa shape index (κ3) is 7.73. The zero-order chi connectivity index (χ0) is 22.1. The molecule has 10 heteroatoms. The average Bonchev–Trinajstić information content (AvgIpc) is 3.47. The summed E-state index contributed by atoms with van der Waals surface area (Å²) in [5, 5.41) is 17.5. The van der Waals surface area contributed by atoms with Crippen molar-refractivity contribution in [2.75, 3.05) is 32.8 Å². The molecule has 1 saturated heterocycles. The van der Waals surface area contributed by atoms with Crippen LogP contribution in [0.25, 0.3) is 0 Å². The maximum absolute atomic E-state index is 11.9. The molecule has 1 fully saturated rings. The predicted molar refractivity (Wildman–Crippen MR) is 131 cm³/mol. The first kappa shape index (κ1) is 26.0. The predicted octanol–water partition coefficient (Wildman–Crippen LogP) is 3.10. The number of aliphatic imine (C=N–C) groups is 1. The number of nitrogens with zero attached hydrogens (tertiary/aromatic N) is 2. The van der Waals surface area contributed by atoms with E-state index in [9.17, 15) is 9.90 Å². The van der Waals surface area contributed by atoms with E-state index in [1.54, 1.807) is 37.1 Å². The second kappa shape index (κ2) is 12.7. The Balaban J connectivity index is 0.00000363. The van der Waals surface area contributed by atoms with Gasteiger partial charge in [0.1, 0.15) is 17.1 Å². The summed E-state index contributed by atoms with van der Waals surface area (Å²) in [5.41, 5.74) is -1.22. The topological polar surface area (TPSA) is 112 Å². The van der Waals surface area contributed by atoms with Gasteiger partial charge in [0.2, 0.25) is 0 Å².